The van der Waals surface area contributed by atoms with Crippen LogP contribution in [0.25, 0.3) is 21.9 Å². The highest BCUT2D eigenvalue weighted by atomic mass is 79.9. The van der Waals surface area contributed by atoms with E-state index in [1.165, 1.54) is 0 Å². The number of carbonyl (C=O) groups is 1. The van der Waals surface area contributed by atoms with Crippen molar-refractivity contribution in [3.8, 4) is 0 Å². The number of furan rings is 2. The molecule has 1 atom stereocenters. The topological polar surface area (TPSA) is 43.4 Å². The highest BCUT2D eigenvalue weighted by Gasteiger charge is 2.20. The largest absolute Gasteiger partial charge is 0.464 e. The second kappa shape index (κ2) is 4.28. The van der Waals surface area contributed by atoms with Crippen LogP contribution < -0.4 is 0 Å². The van der Waals surface area contributed by atoms with Crippen molar-refractivity contribution in [2.45, 2.75) is 19.3 Å². The molecule has 3 rings (SSSR count). The Morgan fingerprint density at radius 3 is 2.61 bits per heavy atom. The summed E-state index contributed by atoms with van der Waals surface area (Å²) in [5.41, 5.74) is 2.66. The third kappa shape index (κ3) is 1.52. The van der Waals surface area contributed by atoms with E-state index in [2.05, 4.69) is 15.9 Å². The van der Waals surface area contributed by atoms with E-state index in [0.29, 0.717) is 6.42 Å². The molecule has 1 unspecified atom stereocenters. The number of rotatable bonds is 3. The molecule has 0 bridgehead atoms. The molecule has 2 aromatic heterocycles. The van der Waals surface area contributed by atoms with Crippen LogP contribution in [-0.2, 0) is 4.79 Å². The Morgan fingerprint density at radius 2 is 1.89 bits per heavy atom. The first-order valence-electron chi connectivity index (χ1n) is 5.73. The molecule has 0 aliphatic heterocycles. The lowest BCUT2D eigenvalue weighted by molar-refractivity contribution is -0.108. The average Bonchev–Trinajstić information content (AvgIpc) is 2.97. The molecule has 0 N–H and O–H groups in total. The monoisotopic (exact) mass is 306 g/mol. The fraction of sp³-hybridized carbons (Fsp3) is 0.214. The van der Waals surface area contributed by atoms with E-state index in [1.54, 1.807) is 12.5 Å². The summed E-state index contributed by atoms with van der Waals surface area (Å²) in [5.74, 6) is 0.101. The molecule has 4 heteroatoms. The van der Waals surface area contributed by atoms with Gasteiger partial charge in [-0.05, 0) is 34.0 Å². The summed E-state index contributed by atoms with van der Waals surface area (Å²) in [7, 11) is 0. The number of carbonyl (C=O) groups excluding carboxylic acids is 1. The maximum absolute atomic E-state index is 10.7. The van der Waals surface area contributed by atoms with Gasteiger partial charge < -0.3 is 13.6 Å². The smallest absolute Gasteiger partial charge is 0.149 e. The minimum Gasteiger partial charge on any atom is -0.464 e. The van der Waals surface area contributed by atoms with Gasteiger partial charge in [-0.15, -0.1) is 0 Å². The summed E-state index contributed by atoms with van der Waals surface area (Å²) in [5, 5.41) is 1.98. The first-order valence-corrected chi connectivity index (χ1v) is 6.52. The SMILES string of the molecule is CC(CC=O)c1c2ccoc2c(Br)c2ccoc12. The number of benzene rings is 1. The second-order valence-electron chi connectivity index (χ2n) is 4.36. The molecule has 18 heavy (non-hydrogen) atoms. The van der Waals surface area contributed by atoms with Crippen LogP contribution in [0.3, 0.4) is 0 Å². The third-order valence-electron chi connectivity index (χ3n) is 3.24. The van der Waals surface area contributed by atoms with Crippen LogP contribution >= 0.6 is 15.9 Å². The summed E-state index contributed by atoms with van der Waals surface area (Å²) in [4.78, 5) is 10.7. The quantitative estimate of drug-likeness (QED) is 0.662. The lowest BCUT2D eigenvalue weighted by atomic mass is 9.93. The van der Waals surface area contributed by atoms with E-state index in [1.807, 2.05) is 19.1 Å². The Morgan fingerprint density at radius 1 is 1.22 bits per heavy atom. The van der Waals surface area contributed by atoms with Crippen LogP contribution in [0.15, 0.2) is 38.0 Å². The molecule has 3 nitrogen and oxygen atoms in total. The molecular weight excluding hydrogens is 296 g/mol. The molecule has 0 saturated carbocycles. The van der Waals surface area contributed by atoms with Gasteiger partial charge in [0.05, 0.1) is 17.0 Å². The molecule has 0 saturated heterocycles. The predicted molar refractivity (Wildman–Crippen MR) is 72.8 cm³/mol. The van der Waals surface area contributed by atoms with Gasteiger partial charge in [0.25, 0.3) is 0 Å². The summed E-state index contributed by atoms with van der Waals surface area (Å²) < 4.78 is 12.0. The zero-order valence-electron chi connectivity index (χ0n) is 9.77. The molecule has 0 spiro atoms. The van der Waals surface area contributed by atoms with Gasteiger partial charge >= 0.3 is 0 Å². The zero-order chi connectivity index (χ0) is 12.7. The van der Waals surface area contributed by atoms with Gasteiger partial charge in [-0.25, -0.2) is 0 Å². The molecular formula is C14H11BrO3. The fourth-order valence-corrected chi connectivity index (χ4v) is 3.00. The molecule has 1 aromatic carbocycles. The maximum Gasteiger partial charge on any atom is 0.149 e. The van der Waals surface area contributed by atoms with E-state index >= 15 is 0 Å². The Bertz CT molecular complexity index is 671. The number of halogens is 1. The Hall–Kier alpha value is -1.55. The van der Waals surface area contributed by atoms with E-state index in [0.717, 1.165) is 38.3 Å². The van der Waals surface area contributed by atoms with Crippen molar-refractivity contribution < 1.29 is 13.6 Å². The fourth-order valence-electron chi connectivity index (χ4n) is 2.38. The first-order chi connectivity index (χ1) is 8.74. The van der Waals surface area contributed by atoms with E-state index in [4.69, 9.17) is 8.83 Å². The van der Waals surface area contributed by atoms with Crippen LogP contribution in [0.4, 0.5) is 0 Å². The van der Waals surface area contributed by atoms with Crippen molar-refractivity contribution in [3.63, 3.8) is 0 Å². The highest BCUT2D eigenvalue weighted by molar-refractivity contribution is 9.10. The number of aldehydes is 1. The van der Waals surface area contributed by atoms with Gasteiger partial charge in [-0.3, -0.25) is 0 Å². The zero-order valence-corrected chi connectivity index (χ0v) is 11.4. The normalized spacial score (nSPS) is 13.2. The molecule has 0 fully saturated rings. The lowest BCUT2D eigenvalue weighted by Crippen LogP contribution is -1.96. The van der Waals surface area contributed by atoms with E-state index in [9.17, 15) is 4.79 Å². The van der Waals surface area contributed by atoms with E-state index in [-0.39, 0.29) is 5.92 Å². The highest BCUT2D eigenvalue weighted by Crippen LogP contribution is 2.41. The molecule has 2 heterocycles. The molecule has 0 aliphatic carbocycles. The molecule has 0 radical (unpaired) electrons. The Kier molecular flexibility index (Phi) is 2.74. The second-order valence-corrected chi connectivity index (χ2v) is 5.15. The number of hydrogen-bond acceptors (Lipinski definition) is 3. The van der Waals surface area contributed by atoms with Crippen LogP contribution in [0.2, 0.25) is 0 Å². The molecule has 0 aliphatic rings. The van der Waals surface area contributed by atoms with Crippen LogP contribution in [-0.4, -0.2) is 6.29 Å². The summed E-state index contributed by atoms with van der Waals surface area (Å²) in [6, 6.07) is 3.82. The Labute approximate surface area is 112 Å². The Balaban J connectivity index is 2.43. The minimum absolute atomic E-state index is 0.101. The summed E-state index contributed by atoms with van der Waals surface area (Å²) in [6.45, 7) is 2.02. The van der Waals surface area contributed by atoms with Gasteiger partial charge in [0, 0.05) is 22.8 Å². The average molecular weight is 307 g/mol. The van der Waals surface area contributed by atoms with Gasteiger partial charge in [0.15, 0.2) is 0 Å². The molecule has 3 aromatic rings. The van der Waals surface area contributed by atoms with Crippen LogP contribution in [0.1, 0.15) is 24.8 Å². The van der Waals surface area contributed by atoms with Gasteiger partial charge in [-0.2, -0.15) is 0 Å². The van der Waals surface area contributed by atoms with Crippen molar-refractivity contribution in [1.82, 2.24) is 0 Å². The minimum atomic E-state index is 0.101. The lowest BCUT2D eigenvalue weighted by Gasteiger charge is -2.11. The molecule has 0 amide bonds. The maximum atomic E-state index is 10.7. The summed E-state index contributed by atoms with van der Waals surface area (Å²) in [6.07, 6.45) is 4.72. The van der Waals surface area contributed by atoms with Crippen LogP contribution in [0.5, 0.6) is 0 Å². The van der Waals surface area contributed by atoms with Gasteiger partial charge in [-0.1, -0.05) is 6.92 Å². The van der Waals surface area contributed by atoms with Gasteiger partial charge in [0.2, 0.25) is 0 Å². The van der Waals surface area contributed by atoms with Crippen molar-refractivity contribution >= 4 is 44.2 Å². The number of hydrogen-bond donors (Lipinski definition) is 0. The molecule has 92 valence electrons. The third-order valence-corrected chi connectivity index (χ3v) is 4.03. The predicted octanol–water partition coefficient (Wildman–Crippen LogP) is 4.63. The van der Waals surface area contributed by atoms with Crippen molar-refractivity contribution in [3.05, 3.63) is 34.7 Å². The number of fused-ring (bicyclic) bond motifs is 2. The van der Waals surface area contributed by atoms with E-state index < -0.39 is 0 Å². The summed E-state index contributed by atoms with van der Waals surface area (Å²) >= 11 is 3.54. The standard InChI is InChI=1S/C14H11BrO3/c1-8(2-5-16)11-9-3-6-18-14(9)12(15)10-4-7-17-13(10)11/h3-8H,2H2,1H3. The first kappa shape index (κ1) is 11.5. The van der Waals surface area contributed by atoms with Gasteiger partial charge in [0.1, 0.15) is 17.5 Å². The van der Waals surface area contributed by atoms with Crippen LogP contribution in [0, 0.1) is 0 Å². The van der Waals surface area contributed by atoms with Crippen molar-refractivity contribution in [2.24, 2.45) is 0 Å². The van der Waals surface area contributed by atoms with Crippen molar-refractivity contribution in [1.29, 1.82) is 0 Å². The van der Waals surface area contributed by atoms with Crippen molar-refractivity contribution in [2.75, 3.05) is 0 Å².